The highest BCUT2D eigenvalue weighted by atomic mass is 32.1. The van der Waals surface area contributed by atoms with E-state index in [-0.39, 0.29) is 17.2 Å². The van der Waals surface area contributed by atoms with Crippen molar-refractivity contribution in [2.24, 2.45) is 5.73 Å². The minimum atomic E-state index is -0.442. The summed E-state index contributed by atoms with van der Waals surface area (Å²) in [5.74, 6) is -0.442. The third kappa shape index (κ3) is 2.91. The van der Waals surface area contributed by atoms with Crippen LogP contribution in [0.15, 0.2) is 29.1 Å². The maximum Gasteiger partial charge on any atom is 0.348 e. The van der Waals surface area contributed by atoms with Gasteiger partial charge in [0.2, 0.25) is 0 Å². The summed E-state index contributed by atoms with van der Waals surface area (Å²) in [7, 11) is 0. The van der Waals surface area contributed by atoms with Crippen molar-refractivity contribution in [1.82, 2.24) is 9.55 Å². The van der Waals surface area contributed by atoms with E-state index in [1.165, 1.54) is 10.6 Å². The highest BCUT2D eigenvalue weighted by Gasteiger charge is 2.09. The molecule has 0 aliphatic heterocycles. The number of thiocarbonyl (C=S) groups is 1. The van der Waals surface area contributed by atoms with Gasteiger partial charge in [0, 0.05) is 22.5 Å². The van der Waals surface area contributed by atoms with E-state index in [9.17, 15) is 9.18 Å². The molecule has 0 saturated heterocycles. The highest BCUT2D eigenvalue weighted by molar-refractivity contribution is 7.80. The smallest absolute Gasteiger partial charge is 0.348 e. The van der Waals surface area contributed by atoms with Crippen LogP contribution in [0.5, 0.6) is 0 Å². The van der Waals surface area contributed by atoms with Crippen molar-refractivity contribution in [2.45, 2.75) is 20.4 Å². The molecule has 0 fully saturated rings. The molecule has 0 aliphatic rings. The molecule has 0 amide bonds. The molecule has 1 aromatic heterocycles. The van der Waals surface area contributed by atoms with E-state index in [1.54, 1.807) is 32.0 Å². The van der Waals surface area contributed by atoms with Gasteiger partial charge < -0.3 is 5.73 Å². The average Bonchev–Trinajstić information content (AvgIpc) is 2.34. The van der Waals surface area contributed by atoms with Gasteiger partial charge in [-0.1, -0.05) is 24.4 Å². The summed E-state index contributed by atoms with van der Waals surface area (Å²) in [6.45, 7) is 3.66. The summed E-state index contributed by atoms with van der Waals surface area (Å²) in [5, 5.41) is 0. The molecule has 2 aromatic rings. The molecule has 0 atom stereocenters. The van der Waals surface area contributed by atoms with Gasteiger partial charge in [-0.25, -0.2) is 9.18 Å². The Hall–Kier alpha value is -2.08. The van der Waals surface area contributed by atoms with Crippen LogP contribution >= 0.6 is 12.2 Å². The monoisotopic (exact) mass is 291 g/mol. The first kappa shape index (κ1) is 14.3. The Balaban J connectivity index is 2.41. The lowest BCUT2D eigenvalue weighted by Gasteiger charge is -2.11. The summed E-state index contributed by atoms with van der Waals surface area (Å²) in [4.78, 5) is 15.8. The van der Waals surface area contributed by atoms with Gasteiger partial charge in [-0.05, 0) is 26.0 Å². The lowest BCUT2D eigenvalue weighted by molar-refractivity contribution is 0.588. The predicted molar refractivity (Wildman–Crippen MR) is 79.4 cm³/mol. The molecule has 2 N–H and O–H groups in total. The van der Waals surface area contributed by atoms with Crippen molar-refractivity contribution in [3.8, 4) is 0 Å². The van der Waals surface area contributed by atoms with E-state index >= 15 is 0 Å². The van der Waals surface area contributed by atoms with Gasteiger partial charge in [0.1, 0.15) is 10.8 Å². The molecule has 2 rings (SSSR count). The Morgan fingerprint density at radius 3 is 2.65 bits per heavy atom. The van der Waals surface area contributed by atoms with E-state index in [4.69, 9.17) is 18.0 Å². The van der Waals surface area contributed by atoms with Crippen molar-refractivity contribution in [1.29, 1.82) is 0 Å². The molecule has 0 bridgehead atoms. The summed E-state index contributed by atoms with van der Waals surface area (Å²) in [5.41, 5.74) is 7.30. The van der Waals surface area contributed by atoms with Crippen LogP contribution in [0.4, 0.5) is 4.39 Å². The maximum atomic E-state index is 14.0. The number of nitrogens with zero attached hydrogens (tertiary/aromatic N) is 2. The number of halogens is 1. The molecular weight excluding hydrogens is 277 g/mol. The predicted octanol–water partition coefficient (Wildman–Crippen LogP) is 1.68. The summed E-state index contributed by atoms with van der Waals surface area (Å²) < 4.78 is 15.4. The Bertz CT molecular complexity index is 740. The molecular formula is C14H14FN3OS. The van der Waals surface area contributed by atoms with Crippen LogP contribution in [0.3, 0.4) is 0 Å². The van der Waals surface area contributed by atoms with Gasteiger partial charge in [0.05, 0.1) is 6.54 Å². The number of benzene rings is 1. The second kappa shape index (κ2) is 5.50. The van der Waals surface area contributed by atoms with Crippen molar-refractivity contribution >= 4 is 17.2 Å². The number of aromatic nitrogens is 2. The van der Waals surface area contributed by atoms with Crippen LogP contribution in [0, 0.1) is 19.7 Å². The van der Waals surface area contributed by atoms with Gasteiger partial charge >= 0.3 is 5.69 Å². The van der Waals surface area contributed by atoms with Gasteiger partial charge in [-0.2, -0.15) is 4.98 Å². The number of hydrogen-bond donors (Lipinski definition) is 1. The van der Waals surface area contributed by atoms with E-state index in [0.29, 0.717) is 16.8 Å². The largest absolute Gasteiger partial charge is 0.389 e. The SMILES string of the molecule is Cc1cc(C)n(Cc2ccc(C(N)=S)cc2F)c(=O)n1. The second-order valence-electron chi connectivity index (χ2n) is 4.58. The number of rotatable bonds is 3. The first-order chi connectivity index (χ1) is 9.38. The molecule has 1 heterocycles. The van der Waals surface area contributed by atoms with Crippen molar-refractivity contribution in [3.05, 3.63) is 63.1 Å². The zero-order chi connectivity index (χ0) is 14.9. The van der Waals surface area contributed by atoms with Crippen molar-refractivity contribution < 1.29 is 4.39 Å². The first-order valence-corrected chi connectivity index (χ1v) is 6.42. The minimum Gasteiger partial charge on any atom is -0.389 e. The third-order valence-electron chi connectivity index (χ3n) is 3.01. The van der Waals surface area contributed by atoms with E-state index in [1.807, 2.05) is 0 Å². The van der Waals surface area contributed by atoms with Gasteiger partial charge in [-0.3, -0.25) is 4.57 Å². The Kier molecular flexibility index (Phi) is 3.94. The molecule has 0 saturated carbocycles. The molecule has 0 radical (unpaired) electrons. The second-order valence-corrected chi connectivity index (χ2v) is 5.02. The average molecular weight is 291 g/mol. The standard InChI is InChI=1S/C14H14FN3OS/c1-8-5-9(2)18(14(19)17-8)7-11-4-3-10(13(16)20)6-12(11)15/h3-6H,7H2,1-2H3,(H2,16,20). The van der Waals surface area contributed by atoms with E-state index in [2.05, 4.69) is 4.98 Å². The van der Waals surface area contributed by atoms with Crippen LogP contribution in [-0.4, -0.2) is 14.5 Å². The lowest BCUT2D eigenvalue weighted by Crippen LogP contribution is -2.26. The fraction of sp³-hybridized carbons (Fsp3) is 0.214. The molecule has 0 unspecified atom stereocenters. The molecule has 0 spiro atoms. The zero-order valence-corrected chi connectivity index (χ0v) is 12.0. The van der Waals surface area contributed by atoms with Crippen LogP contribution in [0.25, 0.3) is 0 Å². The van der Waals surface area contributed by atoms with Crippen LogP contribution in [0.2, 0.25) is 0 Å². The van der Waals surface area contributed by atoms with Crippen LogP contribution in [-0.2, 0) is 6.54 Å². The highest BCUT2D eigenvalue weighted by Crippen LogP contribution is 2.12. The maximum absolute atomic E-state index is 14.0. The van der Waals surface area contributed by atoms with Crippen molar-refractivity contribution in [3.63, 3.8) is 0 Å². The molecule has 4 nitrogen and oxygen atoms in total. The fourth-order valence-electron chi connectivity index (χ4n) is 1.97. The van der Waals surface area contributed by atoms with Gasteiger partial charge in [0.15, 0.2) is 0 Å². The quantitative estimate of drug-likeness (QED) is 0.874. The first-order valence-electron chi connectivity index (χ1n) is 6.02. The van der Waals surface area contributed by atoms with Gasteiger partial charge in [-0.15, -0.1) is 0 Å². The van der Waals surface area contributed by atoms with Crippen molar-refractivity contribution in [2.75, 3.05) is 0 Å². The summed E-state index contributed by atoms with van der Waals surface area (Å²) in [6, 6.07) is 6.28. The molecule has 1 aromatic carbocycles. The summed E-state index contributed by atoms with van der Waals surface area (Å²) >= 11 is 4.80. The summed E-state index contributed by atoms with van der Waals surface area (Å²) in [6.07, 6.45) is 0. The topological polar surface area (TPSA) is 60.9 Å². The van der Waals surface area contributed by atoms with E-state index < -0.39 is 5.82 Å². The fourth-order valence-corrected chi connectivity index (χ4v) is 2.09. The Morgan fingerprint density at radius 1 is 1.40 bits per heavy atom. The third-order valence-corrected chi connectivity index (χ3v) is 3.25. The molecule has 20 heavy (non-hydrogen) atoms. The minimum absolute atomic E-state index is 0.126. The normalized spacial score (nSPS) is 10.6. The van der Waals surface area contributed by atoms with Crippen LogP contribution < -0.4 is 11.4 Å². The molecule has 0 aliphatic carbocycles. The molecule has 104 valence electrons. The van der Waals surface area contributed by atoms with E-state index in [0.717, 1.165) is 5.69 Å². The zero-order valence-electron chi connectivity index (χ0n) is 11.2. The van der Waals surface area contributed by atoms with Gasteiger partial charge in [0.25, 0.3) is 0 Å². The Labute approximate surface area is 121 Å². The lowest BCUT2D eigenvalue weighted by atomic mass is 10.1. The van der Waals surface area contributed by atoms with Crippen LogP contribution in [0.1, 0.15) is 22.5 Å². The number of aryl methyl sites for hydroxylation is 2. The number of nitrogens with two attached hydrogens (primary N) is 1. The Morgan fingerprint density at radius 2 is 2.10 bits per heavy atom. The number of hydrogen-bond acceptors (Lipinski definition) is 3. The molecule has 6 heteroatoms.